The quantitative estimate of drug-likeness (QED) is 0.430. The number of methoxy groups -OCH3 is 5. The average Bonchev–Trinajstić information content (AvgIpc) is 3.35. The van der Waals surface area contributed by atoms with Gasteiger partial charge in [-0.2, -0.15) is 0 Å². The lowest BCUT2D eigenvalue weighted by atomic mass is 10.1. The third kappa shape index (κ3) is 2.26. The predicted molar refractivity (Wildman–Crippen MR) is 118 cm³/mol. The van der Waals surface area contributed by atoms with E-state index in [0.29, 0.717) is 5.75 Å². The van der Waals surface area contributed by atoms with Crippen molar-refractivity contribution in [1.29, 1.82) is 0 Å². The molecule has 0 spiro atoms. The summed E-state index contributed by atoms with van der Waals surface area (Å²) in [5, 5.41) is 3.80. The highest BCUT2D eigenvalue weighted by Crippen LogP contribution is 2.47. The maximum absolute atomic E-state index is 5.87. The Kier molecular flexibility index (Phi) is 4.06. The molecule has 0 saturated carbocycles. The molecule has 30 heavy (non-hydrogen) atoms. The van der Waals surface area contributed by atoms with E-state index in [4.69, 9.17) is 23.7 Å². The van der Waals surface area contributed by atoms with Crippen LogP contribution in [0.4, 0.5) is 0 Å². The topological polar surface area (TPSA) is 77.7 Å². The number of rotatable bonds is 5. The van der Waals surface area contributed by atoms with Gasteiger partial charge in [0.25, 0.3) is 0 Å². The fourth-order valence-electron chi connectivity index (χ4n) is 4.35. The van der Waals surface area contributed by atoms with E-state index in [-0.39, 0.29) is 0 Å². The number of H-pyrrole nitrogens is 2. The zero-order valence-corrected chi connectivity index (χ0v) is 17.4. The molecule has 0 aliphatic heterocycles. The summed E-state index contributed by atoms with van der Waals surface area (Å²) in [6.45, 7) is 0. The Morgan fingerprint density at radius 2 is 0.900 bits per heavy atom. The molecule has 2 heterocycles. The van der Waals surface area contributed by atoms with E-state index in [2.05, 4.69) is 16.0 Å². The summed E-state index contributed by atoms with van der Waals surface area (Å²) in [6, 6.07) is 9.71. The summed E-state index contributed by atoms with van der Waals surface area (Å²) in [6.07, 6.45) is 0. The number of fused-ring (bicyclic) bond motifs is 6. The van der Waals surface area contributed by atoms with Crippen molar-refractivity contribution in [3.05, 3.63) is 30.3 Å². The molecule has 2 N–H and O–H groups in total. The molecule has 0 radical (unpaired) electrons. The number of hydrogen-bond donors (Lipinski definition) is 2. The fourth-order valence-corrected chi connectivity index (χ4v) is 4.35. The van der Waals surface area contributed by atoms with Gasteiger partial charge in [-0.1, -0.05) is 0 Å². The van der Waals surface area contributed by atoms with E-state index >= 15 is 0 Å². The van der Waals surface area contributed by atoms with Crippen LogP contribution in [-0.2, 0) is 0 Å². The van der Waals surface area contributed by atoms with Gasteiger partial charge in [-0.15, -0.1) is 0 Å². The third-order valence-electron chi connectivity index (χ3n) is 5.66. The van der Waals surface area contributed by atoms with Crippen molar-refractivity contribution in [1.82, 2.24) is 9.97 Å². The molecule has 0 fully saturated rings. The van der Waals surface area contributed by atoms with E-state index in [1.54, 1.807) is 35.5 Å². The van der Waals surface area contributed by atoms with Crippen LogP contribution in [0, 0.1) is 0 Å². The predicted octanol–water partition coefficient (Wildman–Crippen LogP) is 5.00. The highest BCUT2D eigenvalue weighted by molar-refractivity contribution is 6.24. The van der Waals surface area contributed by atoms with E-state index in [1.165, 1.54) is 0 Å². The molecule has 7 heteroatoms. The van der Waals surface area contributed by atoms with Crippen molar-refractivity contribution in [2.75, 3.05) is 35.5 Å². The van der Waals surface area contributed by atoms with E-state index in [0.717, 1.165) is 66.6 Å². The molecule has 0 aliphatic carbocycles. The van der Waals surface area contributed by atoms with Crippen LogP contribution in [0.2, 0.25) is 0 Å². The minimum atomic E-state index is 0.697. The highest BCUT2D eigenvalue weighted by atomic mass is 16.5. The minimum absolute atomic E-state index is 0.697. The standard InChI is InChI=1S/C23H22N2O5/c1-26-13-6-8-15(28-3)21-17(13)11-10-12-18-14(27-2)7-9-16(29-4)22(18)25-20(12)23(30-5)19(11)24-21/h6-10,24-25H,1-5H3. The van der Waals surface area contributed by atoms with Crippen LogP contribution in [0.1, 0.15) is 0 Å². The lowest BCUT2D eigenvalue weighted by molar-refractivity contribution is 0.410. The van der Waals surface area contributed by atoms with Crippen molar-refractivity contribution in [3.8, 4) is 28.7 Å². The van der Waals surface area contributed by atoms with Crippen molar-refractivity contribution in [2.24, 2.45) is 0 Å². The molecular weight excluding hydrogens is 384 g/mol. The fraction of sp³-hybridized carbons (Fsp3) is 0.217. The van der Waals surface area contributed by atoms with E-state index in [1.807, 2.05) is 24.3 Å². The van der Waals surface area contributed by atoms with Crippen LogP contribution in [-0.4, -0.2) is 45.5 Å². The van der Waals surface area contributed by atoms with Gasteiger partial charge in [-0.05, 0) is 30.3 Å². The molecule has 7 nitrogen and oxygen atoms in total. The first-order valence-corrected chi connectivity index (χ1v) is 9.46. The zero-order chi connectivity index (χ0) is 21.0. The second kappa shape index (κ2) is 6.66. The van der Waals surface area contributed by atoms with Crippen LogP contribution in [0.5, 0.6) is 28.7 Å². The van der Waals surface area contributed by atoms with Crippen molar-refractivity contribution < 1.29 is 23.7 Å². The lowest BCUT2D eigenvalue weighted by Gasteiger charge is -2.07. The summed E-state index contributed by atoms with van der Waals surface area (Å²) in [5.74, 6) is 3.67. The van der Waals surface area contributed by atoms with Gasteiger partial charge in [-0.3, -0.25) is 0 Å². The Morgan fingerprint density at radius 3 is 1.27 bits per heavy atom. The second-order valence-corrected chi connectivity index (χ2v) is 6.95. The molecule has 0 bridgehead atoms. The highest BCUT2D eigenvalue weighted by Gasteiger charge is 2.23. The zero-order valence-electron chi connectivity index (χ0n) is 17.4. The van der Waals surface area contributed by atoms with Crippen LogP contribution < -0.4 is 23.7 Å². The molecule has 0 saturated heterocycles. The number of hydrogen-bond acceptors (Lipinski definition) is 5. The number of aromatic amines is 2. The summed E-state index contributed by atoms with van der Waals surface area (Å²) in [4.78, 5) is 6.95. The number of nitrogens with one attached hydrogen (secondary N) is 2. The molecule has 2 aromatic heterocycles. The van der Waals surface area contributed by atoms with Crippen molar-refractivity contribution >= 4 is 43.6 Å². The Labute approximate surface area is 172 Å². The third-order valence-corrected chi connectivity index (χ3v) is 5.66. The maximum atomic E-state index is 5.87. The van der Waals surface area contributed by atoms with Crippen LogP contribution in [0.15, 0.2) is 30.3 Å². The summed E-state index contributed by atoms with van der Waals surface area (Å²) < 4.78 is 28.3. The molecule has 3 aromatic carbocycles. The maximum Gasteiger partial charge on any atom is 0.166 e. The van der Waals surface area contributed by atoms with Crippen LogP contribution in [0.3, 0.4) is 0 Å². The molecule has 5 rings (SSSR count). The van der Waals surface area contributed by atoms with Gasteiger partial charge in [0.05, 0.1) is 68.4 Å². The number of benzene rings is 3. The first-order chi connectivity index (χ1) is 14.7. The molecule has 154 valence electrons. The largest absolute Gasteiger partial charge is 0.496 e. The molecule has 0 atom stereocenters. The van der Waals surface area contributed by atoms with Gasteiger partial charge in [0.2, 0.25) is 0 Å². The summed E-state index contributed by atoms with van der Waals surface area (Å²) in [5.41, 5.74) is 3.41. The van der Waals surface area contributed by atoms with Gasteiger partial charge >= 0.3 is 0 Å². The van der Waals surface area contributed by atoms with Crippen LogP contribution >= 0.6 is 0 Å². The Balaban J connectivity index is 2.05. The average molecular weight is 406 g/mol. The monoisotopic (exact) mass is 406 g/mol. The smallest absolute Gasteiger partial charge is 0.166 e. The van der Waals surface area contributed by atoms with Crippen molar-refractivity contribution in [2.45, 2.75) is 0 Å². The van der Waals surface area contributed by atoms with Crippen LogP contribution in [0.25, 0.3) is 43.6 Å². The van der Waals surface area contributed by atoms with Gasteiger partial charge in [0.1, 0.15) is 23.0 Å². The Morgan fingerprint density at radius 1 is 0.500 bits per heavy atom. The molecule has 0 unspecified atom stereocenters. The lowest BCUT2D eigenvalue weighted by Crippen LogP contribution is -1.88. The molecule has 5 aromatic rings. The SMILES string of the molecule is COc1c2[nH]c3c(OC)ccc(OC)c3c2cc2c1[nH]c1c(OC)ccc(OC)c12. The minimum Gasteiger partial charge on any atom is -0.496 e. The van der Waals surface area contributed by atoms with Gasteiger partial charge in [-0.25, -0.2) is 0 Å². The van der Waals surface area contributed by atoms with Crippen molar-refractivity contribution in [3.63, 3.8) is 0 Å². The molecule has 0 aliphatic rings. The van der Waals surface area contributed by atoms with E-state index in [9.17, 15) is 0 Å². The summed E-state index contributed by atoms with van der Waals surface area (Å²) in [7, 11) is 8.29. The first-order valence-electron chi connectivity index (χ1n) is 9.46. The van der Waals surface area contributed by atoms with E-state index < -0.39 is 0 Å². The Bertz CT molecular complexity index is 1330. The first kappa shape index (κ1) is 18.3. The molecular formula is C23H22N2O5. The van der Waals surface area contributed by atoms with Gasteiger partial charge in [0.15, 0.2) is 5.75 Å². The number of aromatic nitrogens is 2. The van der Waals surface area contributed by atoms with Gasteiger partial charge < -0.3 is 33.7 Å². The number of ether oxygens (including phenoxy) is 5. The Hall–Kier alpha value is -3.74. The summed E-state index contributed by atoms with van der Waals surface area (Å²) >= 11 is 0. The molecule has 0 amide bonds. The normalized spacial score (nSPS) is 11.5. The second-order valence-electron chi connectivity index (χ2n) is 6.95. The van der Waals surface area contributed by atoms with Gasteiger partial charge in [0, 0.05) is 10.8 Å².